The van der Waals surface area contributed by atoms with Crippen molar-refractivity contribution in [2.75, 3.05) is 59.0 Å². The molecule has 1 fully saturated rings. The molecule has 1 heterocycles. The van der Waals surface area contributed by atoms with E-state index in [1.54, 1.807) is 19.2 Å². The number of nitrogens with one attached hydrogen (secondary N) is 1. The van der Waals surface area contributed by atoms with Crippen LogP contribution in [0.3, 0.4) is 0 Å². The largest absolute Gasteiger partial charge is 0.496 e. The van der Waals surface area contributed by atoms with Gasteiger partial charge in [0.25, 0.3) is 5.91 Å². The lowest BCUT2D eigenvalue weighted by molar-refractivity contribution is 0.0162. The number of anilines is 1. The number of ether oxygens (including phenoxy) is 2. The molecule has 0 aromatic heterocycles. The van der Waals surface area contributed by atoms with E-state index >= 15 is 0 Å². The lowest BCUT2D eigenvalue weighted by Crippen LogP contribution is -2.43. The van der Waals surface area contributed by atoms with Crippen molar-refractivity contribution in [3.8, 4) is 5.75 Å². The SMILES string of the molecule is COc1ccccc1C(=O)NCC(c1ccc(N(C)C)cc1)N1CCOCC1. The zero-order valence-electron chi connectivity index (χ0n) is 16.9. The second kappa shape index (κ2) is 9.57. The Morgan fingerprint density at radius 3 is 2.46 bits per heavy atom. The van der Waals surface area contributed by atoms with Crippen LogP contribution in [0.15, 0.2) is 48.5 Å². The molecule has 6 nitrogen and oxygen atoms in total. The number of para-hydroxylation sites is 1. The first-order valence-corrected chi connectivity index (χ1v) is 9.60. The van der Waals surface area contributed by atoms with E-state index in [1.165, 1.54) is 5.56 Å². The van der Waals surface area contributed by atoms with Gasteiger partial charge in [0, 0.05) is 39.4 Å². The van der Waals surface area contributed by atoms with Crippen molar-refractivity contribution in [2.45, 2.75) is 6.04 Å². The normalized spacial score (nSPS) is 15.7. The molecule has 0 spiro atoms. The monoisotopic (exact) mass is 383 g/mol. The van der Waals surface area contributed by atoms with Crippen LogP contribution in [0.2, 0.25) is 0 Å². The fraction of sp³-hybridized carbons (Fsp3) is 0.409. The van der Waals surface area contributed by atoms with E-state index in [2.05, 4.69) is 39.4 Å². The van der Waals surface area contributed by atoms with Crippen LogP contribution in [-0.2, 0) is 4.74 Å². The van der Waals surface area contributed by atoms with Gasteiger partial charge in [0.2, 0.25) is 0 Å². The van der Waals surface area contributed by atoms with Crippen molar-refractivity contribution in [1.29, 1.82) is 0 Å². The van der Waals surface area contributed by atoms with Crippen LogP contribution in [0.5, 0.6) is 5.75 Å². The summed E-state index contributed by atoms with van der Waals surface area (Å²) in [6.07, 6.45) is 0. The fourth-order valence-corrected chi connectivity index (χ4v) is 3.46. The second-order valence-corrected chi connectivity index (χ2v) is 7.06. The third-order valence-corrected chi connectivity index (χ3v) is 5.09. The Kier molecular flexibility index (Phi) is 6.90. The summed E-state index contributed by atoms with van der Waals surface area (Å²) in [6, 6.07) is 15.9. The molecule has 1 N–H and O–H groups in total. The van der Waals surface area contributed by atoms with Crippen molar-refractivity contribution >= 4 is 11.6 Å². The van der Waals surface area contributed by atoms with E-state index in [-0.39, 0.29) is 11.9 Å². The van der Waals surface area contributed by atoms with Crippen LogP contribution in [0.4, 0.5) is 5.69 Å². The number of benzene rings is 2. The Balaban J connectivity index is 1.76. The van der Waals surface area contributed by atoms with Gasteiger partial charge in [0.15, 0.2) is 0 Å². The first-order valence-electron chi connectivity index (χ1n) is 9.60. The number of carbonyl (C=O) groups is 1. The van der Waals surface area contributed by atoms with Gasteiger partial charge in [-0.25, -0.2) is 0 Å². The highest BCUT2D eigenvalue weighted by atomic mass is 16.5. The molecule has 0 aliphatic carbocycles. The smallest absolute Gasteiger partial charge is 0.255 e. The van der Waals surface area contributed by atoms with Crippen LogP contribution < -0.4 is 15.0 Å². The Morgan fingerprint density at radius 1 is 1.14 bits per heavy atom. The Hall–Kier alpha value is -2.57. The van der Waals surface area contributed by atoms with Crippen molar-refractivity contribution in [3.05, 3.63) is 59.7 Å². The predicted molar refractivity (Wildman–Crippen MR) is 111 cm³/mol. The molecule has 3 rings (SSSR count). The maximum atomic E-state index is 12.7. The quantitative estimate of drug-likeness (QED) is 0.796. The van der Waals surface area contributed by atoms with Crippen LogP contribution in [0.1, 0.15) is 22.0 Å². The summed E-state index contributed by atoms with van der Waals surface area (Å²) in [4.78, 5) is 17.2. The molecule has 0 saturated carbocycles. The van der Waals surface area contributed by atoms with Gasteiger partial charge < -0.3 is 19.7 Å². The number of hydrogen-bond acceptors (Lipinski definition) is 5. The number of nitrogens with zero attached hydrogens (tertiary/aromatic N) is 2. The van der Waals surface area contributed by atoms with E-state index < -0.39 is 0 Å². The molecule has 1 atom stereocenters. The van der Waals surface area contributed by atoms with Gasteiger partial charge in [-0.15, -0.1) is 0 Å². The summed E-state index contributed by atoms with van der Waals surface area (Å²) >= 11 is 0. The third-order valence-electron chi connectivity index (χ3n) is 5.09. The van der Waals surface area contributed by atoms with Crippen LogP contribution in [-0.4, -0.2) is 64.9 Å². The molecule has 2 aromatic rings. The van der Waals surface area contributed by atoms with Crippen molar-refractivity contribution < 1.29 is 14.3 Å². The van der Waals surface area contributed by atoms with Crippen LogP contribution in [0.25, 0.3) is 0 Å². The molecule has 150 valence electrons. The van der Waals surface area contributed by atoms with Gasteiger partial charge in [0.1, 0.15) is 5.75 Å². The topological polar surface area (TPSA) is 54.0 Å². The molecule has 28 heavy (non-hydrogen) atoms. The third kappa shape index (κ3) is 4.82. The first-order chi connectivity index (χ1) is 13.6. The van der Waals surface area contributed by atoms with Gasteiger partial charge in [-0.3, -0.25) is 9.69 Å². The zero-order chi connectivity index (χ0) is 19.9. The van der Waals surface area contributed by atoms with Gasteiger partial charge in [-0.05, 0) is 29.8 Å². The molecule has 1 aliphatic heterocycles. The standard InChI is InChI=1S/C22H29N3O3/c1-24(2)18-10-8-17(9-11-18)20(25-12-14-28-15-13-25)16-23-22(26)19-6-4-5-7-21(19)27-3/h4-11,20H,12-16H2,1-3H3,(H,23,26). The minimum atomic E-state index is -0.124. The summed E-state index contributed by atoms with van der Waals surface area (Å²) in [5.74, 6) is 0.457. The van der Waals surface area contributed by atoms with Gasteiger partial charge in [-0.1, -0.05) is 24.3 Å². The van der Waals surface area contributed by atoms with Crippen molar-refractivity contribution in [2.24, 2.45) is 0 Å². The van der Waals surface area contributed by atoms with Crippen molar-refractivity contribution in [3.63, 3.8) is 0 Å². The van der Waals surface area contributed by atoms with E-state index in [4.69, 9.17) is 9.47 Å². The maximum Gasteiger partial charge on any atom is 0.255 e. The first kappa shape index (κ1) is 20.2. The molecule has 6 heteroatoms. The Bertz CT molecular complexity index is 771. The number of amides is 1. The lowest BCUT2D eigenvalue weighted by Gasteiger charge is -2.35. The molecule has 1 saturated heterocycles. The second-order valence-electron chi connectivity index (χ2n) is 7.06. The summed E-state index contributed by atoms with van der Waals surface area (Å²) < 4.78 is 10.8. The van der Waals surface area contributed by atoms with E-state index in [1.807, 2.05) is 26.2 Å². The van der Waals surface area contributed by atoms with Gasteiger partial charge in [0.05, 0.1) is 31.9 Å². The number of hydrogen-bond donors (Lipinski definition) is 1. The van der Waals surface area contributed by atoms with Crippen LogP contribution >= 0.6 is 0 Å². The van der Waals surface area contributed by atoms with Crippen molar-refractivity contribution in [1.82, 2.24) is 10.2 Å². The number of rotatable bonds is 7. The summed E-state index contributed by atoms with van der Waals surface area (Å²) in [5.41, 5.74) is 2.89. The Morgan fingerprint density at radius 2 is 1.82 bits per heavy atom. The average Bonchev–Trinajstić information content (AvgIpc) is 2.74. The highest BCUT2D eigenvalue weighted by Gasteiger charge is 2.24. The lowest BCUT2D eigenvalue weighted by atomic mass is 10.0. The number of morpholine rings is 1. The number of carbonyl (C=O) groups excluding carboxylic acids is 1. The molecular formula is C22H29N3O3. The molecular weight excluding hydrogens is 354 g/mol. The number of methoxy groups -OCH3 is 1. The maximum absolute atomic E-state index is 12.7. The predicted octanol–water partition coefficient (Wildman–Crippen LogP) is 2.56. The summed E-state index contributed by atoms with van der Waals surface area (Å²) in [6.45, 7) is 3.66. The minimum Gasteiger partial charge on any atom is -0.496 e. The zero-order valence-corrected chi connectivity index (χ0v) is 16.9. The van der Waals surface area contributed by atoms with E-state index in [0.717, 1.165) is 18.8 Å². The Labute approximate surface area is 167 Å². The highest BCUT2D eigenvalue weighted by molar-refractivity contribution is 5.96. The molecule has 1 amide bonds. The molecule has 1 aliphatic rings. The van der Waals surface area contributed by atoms with Crippen LogP contribution in [0, 0.1) is 0 Å². The summed E-state index contributed by atoms with van der Waals surface area (Å²) in [7, 11) is 5.64. The average molecular weight is 383 g/mol. The highest BCUT2D eigenvalue weighted by Crippen LogP contribution is 2.24. The molecule has 0 radical (unpaired) electrons. The van der Waals surface area contributed by atoms with E-state index in [9.17, 15) is 4.79 Å². The molecule has 1 unspecified atom stereocenters. The minimum absolute atomic E-state index is 0.0961. The van der Waals surface area contributed by atoms with E-state index in [0.29, 0.717) is 31.1 Å². The molecule has 0 bridgehead atoms. The van der Waals surface area contributed by atoms with Gasteiger partial charge in [-0.2, -0.15) is 0 Å². The summed E-state index contributed by atoms with van der Waals surface area (Å²) in [5, 5.41) is 3.10. The fourth-order valence-electron chi connectivity index (χ4n) is 3.46. The molecule has 2 aromatic carbocycles. The van der Waals surface area contributed by atoms with Gasteiger partial charge >= 0.3 is 0 Å².